The fourth-order valence-corrected chi connectivity index (χ4v) is 3.30. The molecular weight excluding hydrogens is 423 g/mol. The van der Waals surface area contributed by atoms with Crippen LogP contribution in [0.25, 0.3) is 6.08 Å². The van der Waals surface area contributed by atoms with E-state index in [0.29, 0.717) is 43.1 Å². The fourth-order valence-electron chi connectivity index (χ4n) is 3.30. The van der Waals surface area contributed by atoms with Crippen molar-refractivity contribution >= 4 is 23.6 Å². The van der Waals surface area contributed by atoms with Gasteiger partial charge in [-0.1, -0.05) is 18.2 Å². The van der Waals surface area contributed by atoms with E-state index in [4.69, 9.17) is 4.74 Å². The molecule has 3 rings (SSSR count). The Hall–Kier alpha value is -3.33. The number of morpholine rings is 1. The summed E-state index contributed by atoms with van der Waals surface area (Å²) >= 11 is 0. The highest BCUT2D eigenvalue weighted by atomic mass is 19.4. The lowest BCUT2D eigenvalue weighted by Crippen LogP contribution is -2.36. The Morgan fingerprint density at radius 1 is 1.09 bits per heavy atom. The van der Waals surface area contributed by atoms with Gasteiger partial charge in [-0.15, -0.1) is 0 Å². The maximum Gasteiger partial charge on any atom is 0.416 e. The topological polar surface area (TPSA) is 70.7 Å². The van der Waals surface area contributed by atoms with Crippen molar-refractivity contribution in [2.75, 3.05) is 38.3 Å². The Morgan fingerprint density at radius 2 is 1.78 bits per heavy atom. The van der Waals surface area contributed by atoms with Gasteiger partial charge in [0, 0.05) is 44.0 Å². The smallest absolute Gasteiger partial charge is 0.378 e. The molecular formula is C23H24F3N3O3. The van der Waals surface area contributed by atoms with Crippen LogP contribution < -0.4 is 15.5 Å². The number of halogens is 3. The molecule has 2 aromatic rings. The van der Waals surface area contributed by atoms with E-state index in [1.807, 2.05) is 4.90 Å². The summed E-state index contributed by atoms with van der Waals surface area (Å²) in [6.45, 7) is 1.75. The number of hydrogen-bond acceptors (Lipinski definition) is 4. The summed E-state index contributed by atoms with van der Waals surface area (Å²) in [7, 11) is 1.53. The van der Waals surface area contributed by atoms with Crippen molar-refractivity contribution in [1.29, 1.82) is 0 Å². The Balaban J connectivity index is 1.65. The summed E-state index contributed by atoms with van der Waals surface area (Å²) < 4.78 is 46.1. The third kappa shape index (κ3) is 6.10. The van der Waals surface area contributed by atoms with E-state index in [0.717, 1.165) is 6.07 Å². The van der Waals surface area contributed by atoms with Gasteiger partial charge in [-0.05, 0) is 41.5 Å². The van der Waals surface area contributed by atoms with E-state index in [1.165, 1.54) is 25.3 Å². The first-order valence-electron chi connectivity index (χ1n) is 10.1. The van der Waals surface area contributed by atoms with Gasteiger partial charge in [-0.2, -0.15) is 13.2 Å². The van der Waals surface area contributed by atoms with Gasteiger partial charge in [-0.3, -0.25) is 9.59 Å². The zero-order valence-corrected chi connectivity index (χ0v) is 17.5. The van der Waals surface area contributed by atoms with E-state index < -0.39 is 17.6 Å². The van der Waals surface area contributed by atoms with Crippen LogP contribution in [0.15, 0.2) is 48.5 Å². The molecule has 170 valence electrons. The molecule has 0 atom stereocenters. The summed E-state index contributed by atoms with van der Waals surface area (Å²) in [4.78, 5) is 25.5. The van der Waals surface area contributed by atoms with Crippen LogP contribution in [-0.2, 0) is 22.3 Å². The predicted molar refractivity (Wildman–Crippen MR) is 115 cm³/mol. The number of nitrogens with one attached hydrogen (secondary N) is 2. The Kier molecular flexibility index (Phi) is 7.53. The minimum atomic E-state index is -4.54. The maximum atomic E-state index is 13.6. The van der Waals surface area contributed by atoms with E-state index in [1.54, 1.807) is 30.3 Å². The SMILES string of the molecule is CNC(=O)c1ccc(C=CC(=O)NCc2ccc(N3CCOCC3)cc2C(F)(F)F)cc1. The van der Waals surface area contributed by atoms with Crippen LogP contribution in [0.3, 0.4) is 0 Å². The third-order valence-corrected chi connectivity index (χ3v) is 5.06. The lowest BCUT2D eigenvalue weighted by Gasteiger charge is -2.29. The lowest BCUT2D eigenvalue weighted by atomic mass is 10.0. The highest BCUT2D eigenvalue weighted by Gasteiger charge is 2.34. The van der Waals surface area contributed by atoms with Crippen molar-refractivity contribution < 1.29 is 27.5 Å². The van der Waals surface area contributed by atoms with Gasteiger partial charge in [0.15, 0.2) is 0 Å². The molecule has 0 saturated carbocycles. The zero-order valence-electron chi connectivity index (χ0n) is 17.5. The highest BCUT2D eigenvalue weighted by Crippen LogP contribution is 2.35. The van der Waals surface area contributed by atoms with Gasteiger partial charge in [0.25, 0.3) is 5.91 Å². The molecule has 1 heterocycles. The van der Waals surface area contributed by atoms with E-state index >= 15 is 0 Å². The number of rotatable bonds is 6. The standard InChI is InChI=1S/C23H24F3N3O3/c1-27-22(31)17-5-2-16(3-6-17)4-9-21(30)28-15-18-7-8-19(14-20(18)23(24,25)26)29-10-12-32-13-11-29/h2-9,14H,10-13,15H2,1H3,(H,27,31)(H,28,30). The largest absolute Gasteiger partial charge is 0.416 e. The van der Waals surface area contributed by atoms with Crippen molar-refractivity contribution in [3.8, 4) is 0 Å². The van der Waals surface area contributed by atoms with Crippen LogP contribution in [0.2, 0.25) is 0 Å². The minimum absolute atomic E-state index is 0.00816. The number of carbonyl (C=O) groups excluding carboxylic acids is 2. The number of carbonyl (C=O) groups is 2. The van der Waals surface area contributed by atoms with Gasteiger partial charge >= 0.3 is 6.18 Å². The lowest BCUT2D eigenvalue weighted by molar-refractivity contribution is -0.138. The molecule has 1 aliphatic heterocycles. The van der Waals surface area contributed by atoms with Crippen LogP contribution in [0.4, 0.5) is 18.9 Å². The van der Waals surface area contributed by atoms with E-state index in [-0.39, 0.29) is 18.0 Å². The Labute approximate surface area is 184 Å². The number of benzene rings is 2. The number of hydrogen-bond donors (Lipinski definition) is 2. The number of alkyl halides is 3. The van der Waals surface area contributed by atoms with Crippen molar-refractivity contribution in [2.45, 2.75) is 12.7 Å². The van der Waals surface area contributed by atoms with Crippen LogP contribution in [0.5, 0.6) is 0 Å². The number of anilines is 1. The first-order chi connectivity index (χ1) is 15.3. The molecule has 0 spiro atoms. The van der Waals surface area contributed by atoms with Crippen LogP contribution in [0, 0.1) is 0 Å². The molecule has 2 amide bonds. The molecule has 0 aliphatic carbocycles. The van der Waals surface area contributed by atoms with Crippen LogP contribution in [0.1, 0.15) is 27.0 Å². The highest BCUT2D eigenvalue weighted by molar-refractivity contribution is 5.94. The molecule has 0 bridgehead atoms. The quantitative estimate of drug-likeness (QED) is 0.668. The number of amides is 2. The summed E-state index contributed by atoms with van der Waals surface area (Å²) in [5.74, 6) is -0.746. The summed E-state index contributed by atoms with van der Waals surface area (Å²) in [6.07, 6.45) is -1.77. The first-order valence-corrected chi connectivity index (χ1v) is 10.1. The second-order valence-corrected chi connectivity index (χ2v) is 7.19. The van der Waals surface area contributed by atoms with Crippen LogP contribution >= 0.6 is 0 Å². The monoisotopic (exact) mass is 447 g/mol. The molecule has 0 radical (unpaired) electrons. The zero-order chi connectivity index (χ0) is 23.1. The van der Waals surface area contributed by atoms with Gasteiger partial charge in [-0.25, -0.2) is 0 Å². The average molecular weight is 447 g/mol. The second kappa shape index (κ2) is 10.3. The summed E-state index contributed by atoms with van der Waals surface area (Å²) in [6, 6.07) is 10.7. The number of nitrogens with zero attached hydrogens (tertiary/aromatic N) is 1. The molecule has 6 nitrogen and oxygen atoms in total. The summed E-state index contributed by atoms with van der Waals surface area (Å²) in [5.41, 5.74) is 0.866. The third-order valence-electron chi connectivity index (χ3n) is 5.06. The van der Waals surface area contributed by atoms with Crippen molar-refractivity contribution in [3.63, 3.8) is 0 Å². The fraction of sp³-hybridized carbons (Fsp3) is 0.304. The maximum absolute atomic E-state index is 13.6. The van der Waals surface area contributed by atoms with Gasteiger partial charge in [0.1, 0.15) is 0 Å². The van der Waals surface area contributed by atoms with Crippen molar-refractivity contribution in [3.05, 3.63) is 70.8 Å². The summed E-state index contributed by atoms with van der Waals surface area (Å²) in [5, 5.41) is 5.01. The molecule has 2 N–H and O–H groups in total. The second-order valence-electron chi connectivity index (χ2n) is 7.19. The Bertz CT molecular complexity index is 982. The predicted octanol–water partition coefficient (Wildman–Crippen LogP) is 3.23. The molecule has 0 unspecified atom stereocenters. The normalized spacial score (nSPS) is 14.4. The van der Waals surface area contributed by atoms with E-state index in [9.17, 15) is 22.8 Å². The average Bonchev–Trinajstić information content (AvgIpc) is 2.81. The van der Waals surface area contributed by atoms with Crippen LogP contribution in [-0.4, -0.2) is 45.2 Å². The first kappa shape index (κ1) is 23.3. The van der Waals surface area contributed by atoms with Crippen molar-refractivity contribution in [2.24, 2.45) is 0 Å². The minimum Gasteiger partial charge on any atom is -0.378 e. The van der Waals surface area contributed by atoms with Gasteiger partial charge < -0.3 is 20.3 Å². The van der Waals surface area contributed by atoms with Gasteiger partial charge in [0.05, 0.1) is 18.8 Å². The molecule has 32 heavy (non-hydrogen) atoms. The van der Waals surface area contributed by atoms with Gasteiger partial charge in [0.2, 0.25) is 5.91 Å². The number of ether oxygens (including phenoxy) is 1. The molecule has 1 fully saturated rings. The molecule has 0 aromatic heterocycles. The Morgan fingerprint density at radius 3 is 2.41 bits per heavy atom. The van der Waals surface area contributed by atoms with E-state index in [2.05, 4.69) is 10.6 Å². The molecule has 1 saturated heterocycles. The molecule has 9 heteroatoms. The molecule has 1 aliphatic rings. The molecule has 2 aromatic carbocycles. The van der Waals surface area contributed by atoms with Crippen molar-refractivity contribution in [1.82, 2.24) is 10.6 Å².